The fourth-order valence-electron chi connectivity index (χ4n) is 4.41. The number of rotatable bonds is 4. The molecule has 2 aromatic heterocycles. The predicted octanol–water partition coefficient (Wildman–Crippen LogP) is 2.41. The molecule has 2 N–H and O–H groups in total. The quantitative estimate of drug-likeness (QED) is 0.882. The number of amides is 1. The van der Waals surface area contributed by atoms with E-state index in [4.69, 9.17) is 4.98 Å². The van der Waals surface area contributed by atoms with Gasteiger partial charge in [0, 0.05) is 12.7 Å². The first-order valence-electron chi connectivity index (χ1n) is 9.64. The van der Waals surface area contributed by atoms with Crippen molar-refractivity contribution in [1.29, 1.82) is 0 Å². The highest BCUT2D eigenvalue weighted by molar-refractivity contribution is 5.93. The molecule has 0 bridgehead atoms. The summed E-state index contributed by atoms with van der Waals surface area (Å²) in [4.78, 5) is 19.8. The van der Waals surface area contributed by atoms with Gasteiger partial charge in [0.2, 0.25) is 5.91 Å². The van der Waals surface area contributed by atoms with Crippen molar-refractivity contribution in [3.63, 3.8) is 0 Å². The Morgan fingerprint density at radius 2 is 2.08 bits per heavy atom. The van der Waals surface area contributed by atoms with Crippen molar-refractivity contribution in [1.82, 2.24) is 24.6 Å². The molecule has 140 valence electrons. The Morgan fingerprint density at radius 1 is 1.27 bits per heavy atom. The molecule has 2 aliphatic rings. The van der Waals surface area contributed by atoms with Crippen LogP contribution in [0.2, 0.25) is 0 Å². The Morgan fingerprint density at radius 3 is 2.81 bits per heavy atom. The zero-order chi connectivity index (χ0) is 18.3. The Balaban J connectivity index is 1.49. The van der Waals surface area contributed by atoms with Gasteiger partial charge in [0.05, 0.1) is 35.4 Å². The van der Waals surface area contributed by atoms with Gasteiger partial charge in [0.25, 0.3) is 0 Å². The molecule has 1 aliphatic heterocycles. The molecule has 3 heterocycles. The number of anilines is 1. The topological polar surface area (TPSA) is 78.8 Å². The van der Waals surface area contributed by atoms with Gasteiger partial charge in [-0.15, -0.1) is 0 Å². The third-order valence-electron chi connectivity index (χ3n) is 5.81. The summed E-state index contributed by atoms with van der Waals surface area (Å²) in [7, 11) is 2.14. The molecular formula is C19H28N6O. The lowest BCUT2D eigenvalue weighted by atomic mass is 10.0. The summed E-state index contributed by atoms with van der Waals surface area (Å²) in [6.45, 7) is 5.16. The molecule has 26 heavy (non-hydrogen) atoms. The Hall–Kier alpha value is -2.15. The van der Waals surface area contributed by atoms with E-state index in [0.29, 0.717) is 6.54 Å². The SMILES string of the molecule is Cc1n[nH]c(C)c1NC(=O)CN1CCC[C@@H]1c1nc2c(n1C)CCCC2. The molecule has 0 unspecified atom stereocenters. The second kappa shape index (κ2) is 6.87. The van der Waals surface area contributed by atoms with Crippen LogP contribution < -0.4 is 5.32 Å². The van der Waals surface area contributed by atoms with E-state index in [1.165, 1.54) is 24.2 Å². The number of likely N-dealkylation sites (tertiary alicyclic amines) is 1. The van der Waals surface area contributed by atoms with Crippen LogP contribution in [0, 0.1) is 13.8 Å². The maximum Gasteiger partial charge on any atom is 0.238 e. The van der Waals surface area contributed by atoms with Crippen molar-refractivity contribution < 1.29 is 4.79 Å². The second-order valence-electron chi connectivity index (χ2n) is 7.62. The van der Waals surface area contributed by atoms with Gasteiger partial charge in [-0.2, -0.15) is 5.10 Å². The maximum atomic E-state index is 12.6. The van der Waals surface area contributed by atoms with Gasteiger partial charge >= 0.3 is 0 Å². The summed E-state index contributed by atoms with van der Waals surface area (Å²) in [5.74, 6) is 1.15. The largest absolute Gasteiger partial charge is 0.334 e. The lowest BCUT2D eigenvalue weighted by Crippen LogP contribution is -2.34. The van der Waals surface area contributed by atoms with Crippen LogP contribution in [0.5, 0.6) is 0 Å². The fraction of sp³-hybridized carbons (Fsp3) is 0.632. The fourth-order valence-corrected chi connectivity index (χ4v) is 4.41. The smallest absolute Gasteiger partial charge is 0.238 e. The van der Waals surface area contributed by atoms with Crippen LogP contribution in [0.25, 0.3) is 0 Å². The molecule has 0 radical (unpaired) electrons. The van der Waals surface area contributed by atoms with Crippen molar-refractivity contribution in [3.05, 3.63) is 28.6 Å². The first kappa shape index (κ1) is 17.3. The Labute approximate surface area is 154 Å². The molecule has 1 saturated heterocycles. The Kier molecular flexibility index (Phi) is 4.56. The van der Waals surface area contributed by atoms with Crippen molar-refractivity contribution in [2.45, 2.75) is 58.4 Å². The minimum Gasteiger partial charge on any atom is -0.334 e. The predicted molar refractivity (Wildman–Crippen MR) is 100 cm³/mol. The number of nitrogens with zero attached hydrogens (tertiary/aromatic N) is 4. The van der Waals surface area contributed by atoms with E-state index in [1.54, 1.807) is 0 Å². The summed E-state index contributed by atoms with van der Waals surface area (Å²) in [6, 6.07) is 0.239. The normalized spacial score (nSPS) is 20.3. The monoisotopic (exact) mass is 356 g/mol. The Bertz CT molecular complexity index is 801. The number of aromatic amines is 1. The lowest BCUT2D eigenvalue weighted by molar-refractivity contribution is -0.117. The first-order valence-corrected chi connectivity index (χ1v) is 9.64. The van der Waals surface area contributed by atoms with Crippen LogP contribution >= 0.6 is 0 Å². The summed E-state index contributed by atoms with van der Waals surface area (Å²) in [6.07, 6.45) is 6.90. The standard InChI is InChI=1S/C19H28N6O/c1-12-18(13(2)23-22-12)21-17(26)11-25-10-6-9-16(25)19-20-14-7-4-5-8-15(14)24(19)3/h16H,4-11H2,1-3H3,(H,21,26)(H,22,23)/t16-/m1/s1. The minimum absolute atomic E-state index is 0.0171. The van der Waals surface area contributed by atoms with E-state index in [2.05, 4.69) is 32.0 Å². The number of H-pyrrole nitrogens is 1. The molecule has 2 aromatic rings. The molecule has 0 aromatic carbocycles. The number of carbonyl (C=O) groups is 1. The van der Waals surface area contributed by atoms with Crippen LogP contribution in [-0.4, -0.2) is 43.6 Å². The average molecular weight is 356 g/mol. The molecule has 1 amide bonds. The molecule has 1 atom stereocenters. The molecule has 7 heteroatoms. The lowest BCUT2D eigenvalue weighted by Gasteiger charge is -2.23. The zero-order valence-corrected chi connectivity index (χ0v) is 15.9. The third kappa shape index (κ3) is 3.05. The number of aromatic nitrogens is 4. The molecule has 0 spiro atoms. The van der Waals surface area contributed by atoms with Gasteiger partial charge in [-0.05, 0) is 58.9 Å². The summed E-state index contributed by atoms with van der Waals surface area (Å²) in [5, 5.41) is 10.1. The highest BCUT2D eigenvalue weighted by atomic mass is 16.2. The third-order valence-corrected chi connectivity index (χ3v) is 5.81. The maximum absolute atomic E-state index is 12.6. The molecule has 1 fully saturated rings. The van der Waals surface area contributed by atoms with Gasteiger partial charge in [-0.1, -0.05) is 0 Å². The number of nitrogens with one attached hydrogen (secondary N) is 2. The van der Waals surface area contributed by atoms with Gasteiger partial charge in [-0.25, -0.2) is 4.98 Å². The van der Waals surface area contributed by atoms with Crippen LogP contribution in [0.4, 0.5) is 5.69 Å². The van der Waals surface area contributed by atoms with Gasteiger partial charge in [0.15, 0.2) is 0 Å². The minimum atomic E-state index is 0.0171. The average Bonchev–Trinajstić information content (AvgIpc) is 3.29. The van der Waals surface area contributed by atoms with E-state index in [-0.39, 0.29) is 11.9 Å². The van der Waals surface area contributed by atoms with E-state index in [1.807, 2.05) is 13.8 Å². The number of hydrogen-bond donors (Lipinski definition) is 2. The van der Waals surface area contributed by atoms with E-state index < -0.39 is 0 Å². The summed E-state index contributed by atoms with van der Waals surface area (Å²) in [5.41, 5.74) is 5.19. The van der Waals surface area contributed by atoms with Crippen LogP contribution in [-0.2, 0) is 24.7 Å². The first-order chi connectivity index (χ1) is 12.5. The van der Waals surface area contributed by atoms with E-state index in [9.17, 15) is 4.79 Å². The number of hydrogen-bond acceptors (Lipinski definition) is 4. The highest BCUT2D eigenvalue weighted by Gasteiger charge is 2.32. The van der Waals surface area contributed by atoms with Crippen LogP contribution in [0.15, 0.2) is 0 Å². The van der Waals surface area contributed by atoms with Crippen LogP contribution in [0.1, 0.15) is 60.3 Å². The van der Waals surface area contributed by atoms with Gasteiger partial charge in [0.1, 0.15) is 5.82 Å². The van der Waals surface area contributed by atoms with Crippen molar-refractivity contribution in [3.8, 4) is 0 Å². The number of imidazole rings is 1. The van der Waals surface area contributed by atoms with Crippen LogP contribution in [0.3, 0.4) is 0 Å². The van der Waals surface area contributed by atoms with Crippen molar-refractivity contribution >= 4 is 11.6 Å². The van der Waals surface area contributed by atoms with E-state index in [0.717, 1.165) is 55.1 Å². The number of fused-ring (bicyclic) bond motifs is 1. The van der Waals surface area contributed by atoms with Crippen molar-refractivity contribution in [2.24, 2.45) is 7.05 Å². The molecule has 7 nitrogen and oxygen atoms in total. The number of aryl methyl sites for hydroxylation is 3. The molecule has 1 aliphatic carbocycles. The number of carbonyl (C=O) groups excluding carboxylic acids is 1. The zero-order valence-electron chi connectivity index (χ0n) is 15.9. The second-order valence-corrected chi connectivity index (χ2v) is 7.62. The molecular weight excluding hydrogens is 328 g/mol. The van der Waals surface area contributed by atoms with Crippen molar-refractivity contribution in [2.75, 3.05) is 18.4 Å². The van der Waals surface area contributed by atoms with Gasteiger partial charge < -0.3 is 9.88 Å². The highest BCUT2D eigenvalue weighted by Crippen LogP contribution is 2.33. The van der Waals surface area contributed by atoms with E-state index >= 15 is 0 Å². The molecule has 4 rings (SSSR count). The summed E-state index contributed by atoms with van der Waals surface area (Å²) >= 11 is 0. The molecule has 0 saturated carbocycles. The van der Waals surface area contributed by atoms with Gasteiger partial charge in [-0.3, -0.25) is 14.8 Å². The summed E-state index contributed by atoms with van der Waals surface area (Å²) < 4.78 is 2.29.